The Morgan fingerprint density at radius 1 is 1.20 bits per heavy atom. The Labute approximate surface area is 147 Å². The van der Waals surface area contributed by atoms with Crippen molar-refractivity contribution in [1.29, 1.82) is 0 Å². The predicted octanol–water partition coefficient (Wildman–Crippen LogP) is 3.30. The van der Waals surface area contributed by atoms with Crippen molar-refractivity contribution in [2.75, 3.05) is 23.9 Å². The number of ether oxygens (including phenoxy) is 1. The zero-order chi connectivity index (χ0) is 18.0. The first-order chi connectivity index (χ1) is 12.0. The molecule has 5 nitrogen and oxygen atoms in total. The van der Waals surface area contributed by atoms with Crippen LogP contribution in [0.1, 0.15) is 17.5 Å². The Balaban J connectivity index is 1.73. The van der Waals surface area contributed by atoms with E-state index in [0.29, 0.717) is 12.3 Å². The van der Waals surface area contributed by atoms with Gasteiger partial charge in [-0.05, 0) is 43.2 Å². The molecule has 0 aromatic heterocycles. The molecular weight excluding hydrogens is 316 g/mol. The fourth-order valence-electron chi connectivity index (χ4n) is 3.02. The smallest absolute Gasteiger partial charge is 0.229 e. The van der Waals surface area contributed by atoms with Crippen LogP contribution < -0.4 is 15.0 Å². The molecule has 130 valence electrons. The van der Waals surface area contributed by atoms with Gasteiger partial charge in [-0.15, -0.1) is 0 Å². The van der Waals surface area contributed by atoms with E-state index < -0.39 is 0 Å². The monoisotopic (exact) mass is 338 g/mol. The Morgan fingerprint density at radius 2 is 2.00 bits per heavy atom. The van der Waals surface area contributed by atoms with Crippen LogP contribution in [0, 0.1) is 19.8 Å². The summed E-state index contributed by atoms with van der Waals surface area (Å²) in [5.74, 6) is 0.161. The maximum Gasteiger partial charge on any atom is 0.229 e. The number of amides is 2. The average Bonchev–Trinajstić information content (AvgIpc) is 3.00. The van der Waals surface area contributed by atoms with Crippen LogP contribution in [-0.4, -0.2) is 25.5 Å². The maximum atomic E-state index is 12.6. The van der Waals surface area contributed by atoms with Gasteiger partial charge in [0.1, 0.15) is 5.75 Å². The molecule has 1 saturated heterocycles. The van der Waals surface area contributed by atoms with E-state index in [1.54, 1.807) is 12.0 Å². The quantitative estimate of drug-likeness (QED) is 0.930. The van der Waals surface area contributed by atoms with Crippen molar-refractivity contribution in [3.8, 4) is 5.75 Å². The summed E-state index contributed by atoms with van der Waals surface area (Å²) in [5.41, 5.74) is 3.65. The van der Waals surface area contributed by atoms with E-state index in [4.69, 9.17) is 4.74 Å². The van der Waals surface area contributed by atoms with Crippen LogP contribution >= 0.6 is 0 Å². The molecular formula is C20H22N2O3. The summed E-state index contributed by atoms with van der Waals surface area (Å²) in [5, 5.41) is 2.97. The van der Waals surface area contributed by atoms with Crippen molar-refractivity contribution < 1.29 is 14.3 Å². The summed E-state index contributed by atoms with van der Waals surface area (Å²) < 4.78 is 5.21. The van der Waals surface area contributed by atoms with E-state index in [1.807, 2.05) is 56.3 Å². The second kappa shape index (κ2) is 6.97. The fraction of sp³-hybridized carbons (Fsp3) is 0.300. The summed E-state index contributed by atoms with van der Waals surface area (Å²) >= 11 is 0. The van der Waals surface area contributed by atoms with Gasteiger partial charge >= 0.3 is 0 Å². The number of carbonyl (C=O) groups is 2. The highest BCUT2D eigenvalue weighted by Gasteiger charge is 2.35. The molecule has 1 aliphatic heterocycles. The van der Waals surface area contributed by atoms with Crippen molar-refractivity contribution in [3.05, 3.63) is 53.6 Å². The number of nitrogens with zero attached hydrogens (tertiary/aromatic N) is 1. The van der Waals surface area contributed by atoms with Crippen molar-refractivity contribution >= 4 is 23.2 Å². The highest BCUT2D eigenvalue weighted by Crippen LogP contribution is 2.29. The molecule has 0 unspecified atom stereocenters. The second-order valence-electron chi connectivity index (χ2n) is 6.41. The van der Waals surface area contributed by atoms with Gasteiger partial charge in [-0.3, -0.25) is 9.59 Å². The molecule has 1 fully saturated rings. The second-order valence-corrected chi connectivity index (χ2v) is 6.41. The van der Waals surface area contributed by atoms with Gasteiger partial charge in [0.25, 0.3) is 0 Å². The average molecular weight is 338 g/mol. The third kappa shape index (κ3) is 3.65. The molecule has 25 heavy (non-hydrogen) atoms. The van der Waals surface area contributed by atoms with E-state index in [1.165, 1.54) is 0 Å². The number of carbonyl (C=O) groups excluding carboxylic acids is 2. The molecule has 0 bridgehead atoms. The first-order valence-electron chi connectivity index (χ1n) is 8.30. The predicted molar refractivity (Wildman–Crippen MR) is 98.0 cm³/mol. The minimum atomic E-state index is -0.362. The molecule has 1 atom stereocenters. The Morgan fingerprint density at radius 3 is 2.76 bits per heavy atom. The first kappa shape index (κ1) is 17.0. The van der Waals surface area contributed by atoms with Gasteiger partial charge in [-0.25, -0.2) is 0 Å². The summed E-state index contributed by atoms with van der Waals surface area (Å²) in [6.45, 7) is 4.32. The number of nitrogens with one attached hydrogen (secondary N) is 1. The lowest BCUT2D eigenvalue weighted by atomic mass is 10.1. The van der Waals surface area contributed by atoms with E-state index in [0.717, 1.165) is 22.5 Å². The molecule has 2 aromatic carbocycles. The number of aryl methyl sites for hydroxylation is 2. The van der Waals surface area contributed by atoms with Gasteiger partial charge < -0.3 is 15.0 Å². The maximum absolute atomic E-state index is 12.6. The zero-order valence-electron chi connectivity index (χ0n) is 14.7. The highest BCUT2D eigenvalue weighted by atomic mass is 16.5. The van der Waals surface area contributed by atoms with Crippen LogP contribution in [0.4, 0.5) is 11.4 Å². The molecule has 1 N–H and O–H groups in total. The van der Waals surface area contributed by atoms with Crippen LogP contribution in [0.5, 0.6) is 5.75 Å². The summed E-state index contributed by atoms with van der Waals surface area (Å²) in [7, 11) is 1.59. The van der Waals surface area contributed by atoms with E-state index in [-0.39, 0.29) is 24.2 Å². The molecule has 0 saturated carbocycles. The van der Waals surface area contributed by atoms with E-state index >= 15 is 0 Å². The van der Waals surface area contributed by atoms with Crippen LogP contribution in [0.15, 0.2) is 42.5 Å². The van der Waals surface area contributed by atoms with Gasteiger partial charge in [0.15, 0.2) is 0 Å². The molecule has 5 heteroatoms. The summed E-state index contributed by atoms with van der Waals surface area (Å²) in [6.07, 6.45) is 0.216. The van der Waals surface area contributed by atoms with E-state index in [9.17, 15) is 9.59 Å². The number of hydrogen-bond donors (Lipinski definition) is 1. The topological polar surface area (TPSA) is 58.6 Å². The molecule has 0 aliphatic carbocycles. The molecule has 0 radical (unpaired) electrons. The number of hydrogen-bond acceptors (Lipinski definition) is 3. The third-order valence-corrected chi connectivity index (χ3v) is 4.51. The van der Waals surface area contributed by atoms with Crippen LogP contribution in [0.25, 0.3) is 0 Å². The third-order valence-electron chi connectivity index (χ3n) is 4.51. The minimum absolute atomic E-state index is 0.0469. The standard InChI is InChI=1S/C20H22N2O3/c1-13-7-8-14(2)18(9-13)21-20(24)15-10-19(23)22(12-15)16-5-4-6-17(11-16)25-3/h4-9,11,15H,10,12H2,1-3H3,(H,21,24)/t15-/m1/s1. The Bertz CT molecular complexity index is 816. The fourth-order valence-corrected chi connectivity index (χ4v) is 3.02. The minimum Gasteiger partial charge on any atom is -0.497 e. The Kier molecular flexibility index (Phi) is 4.74. The zero-order valence-corrected chi connectivity index (χ0v) is 14.7. The molecule has 2 amide bonds. The molecule has 3 rings (SSSR count). The lowest BCUT2D eigenvalue weighted by molar-refractivity contribution is -0.122. The van der Waals surface area contributed by atoms with Crippen LogP contribution in [-0.2, 0) is 9.59 Å². The lowest BCUT2D eigenvalue weighted by Crippen LogP contribution is -2.28. The summed E-state index contributed by atoms with van der Waals surface area (Å²) in [4.78, 5) is 26.6. The highest BCUT2D eigenvalue weighted by molar-refractivity contribution is 6.03. The lowest BCUT2D eigenvalue weighted by Gasteiger charge is -2.17. The Hall–Kier alpha value is -2.82. The van der Waals surface area contributed by atoms with E-state index in [2.05, 4.69) is 5.32 Å². The van der Waals surface area contributed by atoms with Gasteiger partial charge in [-0.1, -0.05) is 18.2 Å². The molecule has 1 heterocycles. The largest absolute Gasteiger partial charge is 0.497 e. The van der Waals surface area contributed by atoms with Crippen molar-refractivity contribution in [1.82, 2.24) is 0 Å². The van der Waals surface area contributed by atoms with Crippen LogP contribution in [0.2, 0.25) is 0 Å². The normalized spacial score (nSPS) is 16.8. The molecule has 1 aliphatic rings. The summed E-state index contributed by atoms with van der Waals surface area (Å²) in [6, 6.07) is 13.3. The van der Waals surface area contributed by atoms with Gasteiger partial charge in [-0.2, -0.15) is 0 Å². The van der Waals surface area contributed by atoms with Crippen molar-refractivity contribution in [2.24, 2.45) is 5.92 Å². The molecule has 2 aromatic rings. The number of methoxy groups -OCH3 is 1. The molecule has 0 spiro atoms. The number of rotatable bonds is 4. The van der Waals surface area contributed by atoms with Gasteiger partial charge in [0.05, 0.1) is 13.0 Å². The number of anilines is 2. The first-order valence-corrected chi connectivity index (χ1v) is 8.30. The van der Waals surface area contributed by atoms with Gasteiger partial charge in [0.2, 0.25) is 11.8 Å². The SMILES string of the molecule is COc1cccc(N2C[C@H](C(=O)Nc3cc(C)ccc3C)CC2=O)c1. The van der Waals surface area contributed by atoms with Crippen LogP contribution in [0.3, 0.4) is 0 Å². The number of benzene rings is 2. The van der Waals surface area contributed by atoms with Crippen molar-refractivity contribution in [2.45, 2.75) is 20.3 Å². The van der Waals surface area contributed by atoms with Crippen molar-refractivity contribution in [3.63, 3.8) is 0 Å². The van der Waals surface area contributed by atoms with Gasteiger partial charge in [0, 0.05) is 30.4 Å².